The fraction of sp³-hybridized carbons (Fsp3) is 0.174. The van der Waals surface area contributed by atoms with E-state index in [1.54, 1.807) is 42.5 Å². The molecule has 0 spiro atoms. The summed E-state index contributed by atoms with van der Waals surface area (Å²) in [5, 5.41) is 7.76. The zero-order valence-corrected chi connectivity index (χ0v) is 17.8. The first kappa shape index (κ1) is 23.6. The molecule has 0 unspecified atom stereocenters. The number of ether oxygens (including phenoxy) is 1. The van der Waals surface area contributed by atoms with Crippen LogP contribution in [0.4, 0.5) is 36.1 Å². The fourth-order valence-electron chi connectivity index (χ4n) is 3.00. The predicted octanol–water partition coefficient (Wildman–Crippen LogP) is 4.99. The van der Waals surface area contributed by atoms with Crippen LogP contribution in [0.2, 0.25) is 0 Å². The minimum Gasteiger partial charge on any atom is -0.497 e. The van der Waals surface area contributed by atoms with E-state index in [2.05, 4.69) is 20.9 Å². The summed E-state index contributed by atoms with van der Waals surface area (Å²) in [6.45, 7) is 1.29. The van der Waals surface area contributed by atoms with Crippen LogP contribution in [0.3, 0.4) is 0 Å². The topological polar surface area (TPSA) is 92.4 Å². The van der Waals surface area contributed by atoms with Crippen molar-refractivity contribution in [3.05, 3.63) is 71.9 Å². The average molecular weight is 458 g/mol. The molecule has 7 nitrogen and oxygen atoms in total. The predicted molar refractivity (Wildman–Crippen MR) is 119 cm³/mol. The Morgan fingerprint density at radius 2 is 1.64 bits per heavy atom. The highest BCUT2D eigenvalue weighted by molar-refractivity contribution is 5.94. The van der Waals surface area contributed by atoms with Crippen LogP contribution in [-0.2, 0) is 22.2 Å². The smallest absolute Gasteiger partial charge is 0.419 e. The average Bonchev–Trinajstić information content (AvgIpc) is 2.74. The molecule has 1 heterocycles. The molecule has 3 rings (SSSR count). The highest BCUT2D eigenvalue weighted by Crippen LogP contribution is 2.38. The van der Waals surface area contributed by atoms with Crippen LogP contribution in [0, 0.1) is 0 Å². The Balaban J connectivity index is 1.84. The van der Waals surface area contributed by atoms with Gasteiger partial charge in [0.15, 0.2) is 0 Å². The first-order chi connectivity index (χ1) is 15.7. The SMILES string of the molecule is COc1ccc(CC(=O)Nc2cc(Nc3ccccc3NC(C)=O)c(C(F)(F)F)cn2)cc1. The Morgan fingerprint density at radius 1 is 0.970 bits per heavy atom. The zero-order valence-electron chi connectivity index (χ0n) is 17.8. The molecule has 0 aliphatic heterocycles. The number of hydrogen-bond acceptors (Lipinski definition) is 5. The van der Waals surface area contributed by atoms with E-state index in [4.69, 9.17) is 4.74 Å². The number of carbonyl (C=O) groups excluding carboxylic acids is 2. The number of methoxy groups -OCH3 is 1. The second-order valence-electron chi connectivity index (χ2n) is 7.04. The van der Waals surface area contributed by atoms with Crippen LogP contribution in [0.15, 0.2) is 60.8 Å². The van der Waals surface area contributed by atoms with Crippen molar-refractivity contribution >= 4 is 34.7 Å². The van der Waals surface area contributed by atoms with E-state index >= 15 is 0 Å². The number of aromatic nitrogens is 1. The molecule has 3 aromatic rings. The minimum absolute atomic E-state index is 0.000817. The molecule has 2 aromatic carbocycles. The van der Waals surface area contributed by atoms with Gasteiger partial charge in [0.25, 0.3) is 0 Å². The lowest BCUT2D eigenvalue weighted by Crippen LogP contribution is -2.17. The molecule has 0 saturated heterocycles. The van der Waals surface area contributed by atoms with Crippen molar-refractivity contribution in [3.8, 4) is 5.75 Å². The molecule has 0 aliphatic rings. The molecule has 3 N–H and O–H groups in total. The lowest BCUT2D eigenvalue weighted by Gasteiger charge is -2.18. The van der Waals surface area contributed by atoms with E-state index in [0.717, 1.165) is 6.07 Å². The summed E-state index contributed by atoms with van der Waals surface area (Å²) in [7, 11) is 1.53. The lowest BCUT2D eigenvalue weighted by molar-refractivity contribution is -0.137. The Bertz CT molecular complexity index is 1150. The van der Waals surface area contributed by atoms with Crippen molar-refractivity contribution < 1.29 is 27.5 Å². The van der Waals surface area contributed by atoms with Gasteiger partial charge in [-0.1, -0.05) is 24.3 Å². The second-order valence-corrected chi connectivity index (χ2v) is 7.04. The van der Waals surface area contributed by atoms with Gasteiger partial charge in [-0.25, -0.2) is 4.98 Å². The lowest BCUT2D eigenvalue weighted by atomic mass is 10.1. The van der Waals surface area contributed by atoms with Gasteiger partial charge in [0.2, 0.25) is 11.8 Å². The summed E-state index contributed by atoms with van der Waals surface area (Å²) in [6, 6.07) is 14.2. The number of hydrogen-bond donors (Lipinski definition) is 3. The molecule has 172 valence electrons. The largest absolute Gasteiger partial charge is 0.497 e. The highest BCUT2D eigenvalue weighted by Gasteiger charge is 2.34. The van der Waals surface area contributed by atoms with Crippen LogP contribution >= 0.6 is 0 Å². The number of pyridine rings is 1. The third kappa shape index (κ3) is 6.45. The molecule has 0 atom stereocenters. The maximum absolute atomic E-state index is 13.6. The number of anilines is 4. The summed E-state index contributed by atoms with van der Waals surface area (Å²) in [5.41, 5.74) is -0.0916. The van der Waals surface area contributed by atoms with Crippen molar-refractivity contribution in [2.75, 3.05) is 23.1 Å². The van der Waals surface area contributed by atoms with Gasteiger partial charge in [0, 0.05) is 19.2 Å². The molecule has 10 heteroatoms. The Kier molecular flexibility index (Phi) is 7.17. The van der Waals surface area contributed by atoms with Crippen molar-refractivity contribution in [1.29, 1.82) is 0 Å². The number of para-hydroxylation sites is 2. The van der Waals surface area contributed by atoms with Crippen LogP contribution in [-0.4, -0.2) is 23.9 Å². The number of amides is 2. The number of rotatable bonds is 7. The van der Waals surface area contributed by atoms with Crippen LogP contribution < -0.4 is 20.7 Å². The van der Waals surface area contributed by atoms with E-state index < -0.39 is 17.6 Å². The molecule has 0 saturated carbocycles. The monoisotopic (exact) mass is 458 g/mol. The number of carbonyl (C=O) groups is 2. The standard InChI is InChI=1S/C23H21F3N4O3/c1-14(31)28-18-5-3-4-6-19(18)29-20-12-21(27-13-17(20)23(24,25)26)30-22(32)11-15-7-9-16(33-2)10-8-15/h3-10,12-13H,11H2,1-2H3,(H,28,31)(H2,27,29,30,32). The van der Waals surface area contributed by atoms with E-state index in [0.29, 0.717) is 23.2 Å². The number of alkyl halides is 3. The van der Waals surface area contributed by atoms with Crippen molar-refractivity contribution in [1.82, 2.24) is 4.98 Å². The number of halogens is 3. The Labute approximate surface area is 188 Å². The summed E-state index contributed by atoms with van der Waals surface area (Å²) in [4.78, 5) is 27.6. The summed E-state index contributed by atoms with van der Waals surface area (Å²) >= 11 is 0. The van der Waals surface area contributed by atoms with Gasteiger partial charge in [-0.15, -0.1) is 0 Å². The Hall–Kier alpha value is -4.08. The molecular weight excluding hydrogens is 437 g/mol. The summed E-state index contributed by atoms with van der Waals surface area (Å²) in [6.07, 6.45) is -4.04. The zero-order chi connectivity index (χ0) is 24.0. The molecular formula is C23H21F3N4O3. The molecule has 2 amide bonds. The van der Waals surface area contributed by atoms with Crippen molar-refractivity contribution in [3.63, 3.8) is 0 Å². The summed E-state index contributed by atoms with van der Waals surface area (Å²) in [5.74, 6) is -0.238. The van der Waals surface area contributed by atoms with Crippen LogP contribution in [0.25, 0.3) is 0 Å². The minimum atomic E-state index is -4.69. The maximum atomic E-state index is 13.6. The number of nitrogens with zero attached hydrogens (tertiary/aromatic N) is 1. The van der Waals surface area contributed by atoms with Gasteiger partial charge in [-0.2, -0.15) is 13.2 Å². The van der Waals surface area contributed by atoms with E-state index in [1.807, 2.05) is 0 Å². The third-order valence-electron chi connectivity index (χ3n) is 4.51. The van der Waals surface area contributed by atoms with E-state index in [-0.39, 0.29) is 29.5 Å². The first-order valence-corrected chi connectivity index (χ1v) is 9.79. The Morgan fingerprint density at radius 3 is 2.24 bits per heavy atom. The van der Waals surface area contributed by atoms with Gasteiger partial charge >= 0.3 is 6.18 Å². The van der Waals surface area contributed by atoms with Crippen molar-refractivity contribution in [2.45, 2.75) is 19.5 Å². The van der Waals surface area contributed by atoms with Crippen molar-refractivity contribution in [2.24, 2.45) is 0 Å². The fourth-order valence-corrected chi connectivity index (χ4v) is 3.00. The van der Waals surface area contributed by atoms with Crippen LogP contribution in [0.1, 0.15) is 18.1 Å². The third-order valence-corrected chi connectivity index (χ3v) is 4.51. The molecule has 33 heavy (non-hydrogen) atoms. The highest BCUT2D eigenvalue weighted by atomic mass is 19.4. The summed E-state index contributed by atoms with van der Waals surface area (Å²) < 4.78 is 45.7. The molecule has 0 aliphatic carbocycles. The van der Waals surface area contributed by atoms with Gasteiger partial charge < -0.3 is 20.7 Å². The maximum Gasteiger partial charge on any atom is 0.419 e. The van der Waals surface area contributed by atoms with Gasteiger partial charge in [-0.05, 0) is 29.8 Å². The van der Waals surface area contributed by atoms with E-state index in [9.17, 15) is 22.8 Å². The van der Waals surface area contributed by atoms with E-state index in [1.165, 1.54) is 20.1 Å². The second kappa shape index (κ2) is 10.0. The van der Waals surface area contributed by atoms with Gasteiger partial charge in [0.1, 0.15) is 11.6 Å². The van der Waals surface area contributed by atoms with Gasteiger partial charge in [0.05, 0.1) is 36.2 Å². The molecule has 0 radical (unpaired) electrons. The molecule has 0 bridgehead atoms. The quantitative estimate of drug-likeness (QED) is 0.464. The molecule has 1 aromatic heterocycles. The number of nitrogens with one attached hydrogen (secondary N) is 3. The molecule has 0 fully saturated rings. The normalized spacial score (nSPS) is 10.9. The first-order valence-electron chi connectivity index (χ1n) is 9.79. The van der Waals surface area contributed by atoms with Crippen LogP contribution in [0.5, 0.6) is 5.75 Å². The number of benzene rings is 2. The van der Waals surface area contributed by atoms with Gasteiger partial charge in [-0.3, -0.25) is 9.59 Å².